The number of hydrogen-bond donors (Lipinski definition) is 1. The molecular weight excluding hydrogens is 292 g/mol. The Bertz CT molecular complexity index is 429. The highest BCUT2D eigenvalue weighted by Gasteiger charge is 2.16. The van der Waals surface area contributed by atoms with Crippen LogP contribution in [0.15, 0.2) is 11.1 Å². The van der Waals surface area contributed by atoms with Crippen LogP contribution in [0.4, 0.5) is 5.95 Å². The summed E-state index contributed by atoms with van der Waals surface area (Å²) in [6, 6.07) is 1.88. The van der Waals surface area contributed by atoms with Crippen LogP contribution >= 0.6 is 28.7 Å². The summed E-state index contributed by atoms with van der Waals surface area (Å²) >= 11 is 1.37. The fourth-order valence-electron chi connectivity index (χ4n) is 1.23. The Morgan fingerprint density at radius 1 is 1.38 bits per heavy atom. The highest BCUT2D eigenvalue weighted by atomic mass is 79.9. The van der Waals surface area contributed by atoms with E-state index in [-0.39, 0.29) is 22.9 Å². The fraction of sp³-hybridized carbons (Fsp3) is 0.333. The van der Waals surface area contributed by atoms with Gasteiger partial charge in [0.2, 0.25) is 5.91 Å². The number of aromatic nitrogens is 2. The van der Waals surface area contributed by atoms with Gasteiger partial charge in [0.05, 0.1) is 5.75 Å². The summed E-state index contributed by atoms with van der Waals surface area (Å²) < 4.78 is 0. The highest BCUT2D eigenvalue weighted by molar-refractivity contribution is 8.93. The standard InChI is InChI=1S/C9H10N4OS.BrH/c1-5-3-6(2)11-8(10-5)13-9-12-7(14)4-15-9;/h3H,4H2,1-2H3,(H,10,11,12,13,14);1H. The maximum Gasteiger partial charge on any atom is 0.252 e. The predicted molar refractivity (Wildman–Crippen MR) is 69.5 cm³/mol. The molecule has 5 nitrogen and oxygen atoms in total. The number of halogens is 1. The molecule has 1 N–H and O–H groups in total. The molecule has 0 bridgehead atoms. The van der Waals surface area contributed by atoms with Gasteiger partial charge >= 0.3 is 0 Å². The van der Waals surface area contributed by atoms with Crippen molar-refractivity contribution in [3.05, 3.63) is 17.5 Å². The molecule has 0 spiro atoms. The lowest BCUT2D eigenvalue weighted by atomic mass is 10.4. The molecule has 1 aliphatic rings. The Morgan fingerprint density at radius 2 is 2.00 bits per heavy atom. The number of hydrogen-bond acceptors (Lipinski definition) is 5. The maximum absolute atomic E-state index is 10.9. The number of carbonyl (C=O) groups is 1. The van der Waals surface area contributed by atoms with E-state index in [0.717, 1.165) is 11.4 Å². The third-order valence-electron chi connectivity index (χ3n) is 1.76. The zero-order chi connectivity index (χ0) is 10.8. The van der Waals surface area contributed by atoms with Gasteiger partial charge in [-0.25, -0.2) is 9.97 Å². The second-order valence-electron chi connectivity index (χ2n) is 3.20. The fourth-order valence-corrected chi connectivity index (χ4v) is 1.91. The molecule has 1 amide bonds. The van der Waals surface area contributed by atoms with E-state index in [1.54, 1.807) is 0 Å². The molecule has 86 valence electrons. The van der Waals surface area contributed by atoms with Crippen LogP contribution in [0.2, 0.25) is 0 Å². The van der Waals surface area contributed by atoms with Gasteiger partial charge in [-0.15, -0.1) is 17.0 Å². The maximum atomic E-state index is 10.9. The third kappa shape index (κ3) is 3.28. The second-order valence-corrected chi connectivity index (χ2v) is 4.17. The number of carbonyl (C=O) groups excluding carboxylic acids is 1. The van der Waals surface area contributed by atoms with Gasteiger partial charge in [-0.1, -0.05) is 11.8 Å². The highest BCUT2D eigenvalue weighted by Crippen LogP contribution is 2.14. The molecule has 1 saturated heterocycles. The predicted octanol–water partition coefficient (Wildman–Crippen LogP) is 1.52. The number of nitrogens with zero attached hydrogens (tertiary/aromatic N) is 3. The summed E-state index contributed by atoms with van der Waals surface area (Å²) in [4.78, 5) is 23.4. The molecule has 1 aromatic heterocycles. The van der Waals surface area contributed by atoms with Crippen molar-refractivity contribution < 1.29 is 4.79 Å². The van der Waals surface area contributed by atoms with Gasteiger partial charge in [0.1, 0.15) is 0 Å². The first-order valence-electron chi connectivity index (χ1n) is 4.47. The average molecular weight is 303 g/mol. The molecule has 0 aliphatic carbocycles. The lowest BCUT2D eigenvalue weighted by Crippen LogP contribution is -2.19. The van der Waals surface area contributed by atoms with Gasteiger partial charge in [-0.2, -0.15) is 4.99 Å². The van der Waals surface area contributed by atoms with Crippen molar-refractivity contribution in [3.8, 4) is 0 Å². The van der Waals surface area contributed by atoms with E-state index in [1.807, 2.05) is 19.9 Å². The Kier molecular flexibility index (Phi) is 4.43. The van der Waals surface area contributed by atoms with Crippen molar-refractivity contribution in [1.29, 1.82) is 0 Å². The molecule has 1 aliphatic heterocycles. The lowest BCUT2D eigenvalue weighted by Gasteiger charge is -1.98. The van der Waals surface area contributed by atoms with Gasteiger partial charge < -0.3 is 5.32 Å². The number of amides is 1. The van der Waals surface area contributed by atoms with Crippen molar-refractivity contribution in [2.24, 2.45) is 4.99 Å². The first kappa shape index (κ1) is 13.1. The molecule has 2 rings (SSSR count). The van der Waals surface area contributed by atoms with Crippen molar-refractivity contribution >= 4 is 45.8 Å². The number of thioether (sulfide) groups is 1. The van der Waals surface area contributed by atoms with Crippen LogP contribution in [0, 0.1) is 13.8 Å². The van der Waals surface area contributed by atoms with Gasteiger partial charge in [0.25, 0.3) is 5.95 Å². The average Bonchev–Trinajstić information content (AvgIpc) is 2.49. The monoisotopic (exact) mass is 302 g/mol. The van der Waals surface area contributed by atoms with Crippen LogP contribution < -0.4 is 5.32 Å². The zero-order valence-corrected chi connectivity index (χ0v) is 11.4. The molecule has 0 unspecified atom stereocenters. The molecule has 0 aromatic carbocycles. The van der Waals surface area contributed by atoms with Gasteiger partial charge in [-0.3, -0.25) is 4.79 Å². The number of amidine groups is 1. The lowest BCUT2D eigenvalue weighted by molar-refractivity contribution is -0.116. The topological polar surface area (TPSA) is 67.2 Å². The first-order valence-corrected chi connectivity index (χ1v) is 5.46. The minimum absolute atomic E-state index is 0. The number of aryl methyl sites for hydroxylation is 2. The summed E-state index contributed by atoms with van der Waals surface area (Å²) in [5.74, 6) is 0.796. The largest absolute Gasteiger partial charge is 0.304 e. The first-order chi connectivity index (χ1) is 7.13. The number of aliphatic imine (C=N–C) groups is 1. The van der Waals surface area contributed by atoms with Crippen LogP contribution in [0.1, 0.15) is 11.4 Å². The Labute approximate surface area is 108 Å². The normalized spacial score (nSPS) is 17.1. The molecule has 16 heavy (non-hydrogen) atoms. The van der Waals surface area contributed by atoms with Crippen LogP contribution in [-0.4, -0.2) is 26.8 Å². The SMILES string of the molecule is Br.Cc1cc(C)nc(/N=C2/NC(=O)CS2)n1. The zero-order valence-electron chi connectivity index (χ0n) is 8.85. The third-order valence-corrected chi connectivity index (χ3v) is 2.63. The summed E-state index contributed by atoms with van der Waals surface area (Å²) in [6.07, 6.45) is 0. The smallest absolute Gasteiger partial charge is 0.252 e. The number of nitrogens with one attached hydrogen (secondary N) is 1. The van der Waals surface area contributed by atoms with E-state index >= 15 is 0 Å². The van der Waals surface area contributed by atoms with E-state index in [2.05, 4.69) is 20.3 Å². The van der Waals surface area contributed by atoms with Crippen LogP contribution in [0.25, 0.3) is 0 Å². The summed E-state index contributed by atoms with van der Waals surface area (Å²) in [6.45, 7) is 3.78. The number of rotatable bonds is 1. The molecular formula is C9H11BrN4OS. The Morgan fingerprint density at radius 3 is 2.50 bits per heavy atom. The summed E-state index contributed by atoms with van der Waals surface area (Å²) in [5.41, 5.74) is 1.74. The van der Waals surface area contributed by atoms with Crippen molar-refractivity contribution in [2.75, 3.05) is 5.75 Å². The summed E-state index contributed by atoms with van der Waals surface area (Å²) in [5, 5.41) is 3.21. The van der Waals surface area contributed by atoms with Crippen molar-refractivity contribution in [1.82, 2.24) is 15.3 Å². The molecule has 0 atom stereocenters. The summed E-state index contributed by atoms with van der Waals surface area (Å²) in [7, 11) is 0. The molecule has 1 aromatic rings. The van der Waals surface area contributed by atoms with Gasteiger partial charge in [-0.05, 0) is 19.9 Å². The quantitative estimate of drug-likeness (QED) is 0.854. The molecule has 1 fully saturated rings. The Balaban J connectivity index is 0.00000128. The van der Waals surface area contributed by atoms with Crippen molar-refractivity contribution in [3.63, 3.8) is 0 Å². The molecule has 0 saturated carbocycles. The van der Waals surface area contributed by atoms with E-state index in [0.29, 0.717) is 16.9 Å². The van der Waals surface area contributed by atoms with E-state index in [9.17, 15) is 4.79 Å². The van der Waals surface area contributed by atoms with Crippen LogP contribution in [0.3, 0.4) is 0 Å². The molecule has 0 radical (unpaired) electrons. The molecule has 7 heteroatoms. The van der Waals surface area contributed by atoms with E-state index < -0.39 is 0 Å². The van der Waals surface area contributed by atoms with Gasteiger partial charge in [0, 0.05) is 11.4 Å². The van der Waals surface area contributed by atoms with Crippen LogP contribution in [0.5, 0.6) is 0 Å². The van der Waals surface area contributed by atoms with Crippen molar-refractivity contribution in [2.45, 2.75) is 13.8 Å². The van der Waals surface area contributed by atoms with E-state index in [4.69, 9.17) is 0 Å². The second kappa shape index (κ2) is 5.40. The minimum Gasteiger partial charge on any atom is -0.304 e. The van der Waals surface area contributed by atoms with Gasteiger partial charge in [0.15, 0.2) is 5.17 Å². The molecule has 2 heterocycles. The van der Waals surface area contributed by atoms with E-state index in [1.165, 1.54) is 11.8 Å². The van der Waals surface area contributed by atoms with Crippen LogP contribution in [-0.2, 0) is 4.79 Å². The minimum atomic E-state index is -0.0249. The Hall–Kier alpha value is -0.950.